The number of ether oxygens (including phenoxy) is 2. The fourth-order valence-corrected chi connectivity index (χ4v) is 9.65. The highest BCUT2D eigenvalue weighted by atomic mass is 31.2. The number of hydrogen-bond acceptors (Lipinski definition) is 15. The number of carbonyl (C=O) groups excluding carboxylic acids is 3. The Morgan fingerprint density at radius 1 is 0.477 bits per heavy atom. The first-order chi connectivity index (χ1) is 30.7. The molecule has 0 aliphatic heterocycles. The maximum absolute atomic E-state index is 13.1. The molecular weight excluding hydrogens is 917 g/mol. The number of ketones is 1. The summed E-state index contributed by atoms with van der Waals surface area (Å²) in [7, 11) is -16.6. The van der Waals surface area contributed by atoms with Crippen LogP contribution in [-0.4, -0.2) is 113 Å². The molecule has 384 valence electrons. The summed E-state index contributed by atoms with van der Waals surface area (Å²) in [6.07, 6.45) is 9.05. The Balaban J connectivity index is 2.73. The molecule has 0 spiro atoms. The molecule has 4 unspecified atom stereocenters. The van der Waals surface area contributed by atoms with Crippen molar-refractivity contribution >= 4 is 41.2 Å². The molecule has 0 bridgehead atoms. The Kier molecular flexibility index (Phi) is 33.3. The summed E-state index contributed by atoms with van der Waals surface area (Å²) in [4.78, 5) is 85.0. The van der Waals surface area contributed by atoms with Gasteiger partial charge in [-0.05, 0) is 25.7 Å². The van der Waals surface area contributed by atoms with Gasteiger partial charge in [0.05, 0.1) is 19.6 Å². The van der Waals surface area contributed by atoms with Crippen LogP contribution in [0.5, 0.6) is 0 Å². The summed E-state index contributed by atoms with van der Waals surface area (Å²) in [5.41, 5.74) is 0. The number of phosphoric acid groups is 3. The minimum Gasteiger partial charge on any atom is -0.466 e. The molecule has 0 aromatic carbocycles. The Morgan fingerprint density at radius 2 is 0.892 bits per heavy atom. The molecule has 65 heavy (non-hydrogen) atoms. The molecule has 8 atom stereocenters. The average Bonchev–Trinajstić information content (AvgIpc) is 3.22. The predicted octanol–water partition coefficient (Wildman–Crippen LogP) is 7.53. The van der Waals surface area contributed by atoms with Crippen molar-refractivity contribution in [1.29, 1.82) is 0 Å². The molecule has 20 nitrogen and oxygen atoms in total. The van der Waals surface area contributed by atoms with E-state index in [2.05, 4.69) is 16.0 Å². The van der Waals surface area contributed by atoms with Gasteiger partial charge in [-0.2, -0.15) is 0 Å². The zero-order valence-electron chi connectivity index (χ0n) is 38.6. The third kappa shape index (κ3) is 31.6. The molecule has 1 rings (SSSR count). The number of phosphoric ester groups is 3. The van der Waals surface area contributed by atoms with Crippen molar-refractivity contribution in [2.45, 2.75) is 236 Å². The fraction of sp³-hybridized carbons (Fsp3) is 0.929. The molecule has 0 aromatic rings. The quantitative estimate of drug-likeness (QED) is 0.0167. The number of rotatable bonds is 41. The van der Waals surface area contributed by atoms with Gasteiger partial charge in [0.1, 0.15) is 48.5 Å². The van der Waals surface area contributed by atoms with Crippen molar-refractivity contribution in [2.24, 2.45) is 0 Å². The molecule has 0 radical (unpaired) electrons. The van der Waals surface area contributed by atoms with E-state index in [0.717, 1.165) is 96.3 Å². The van der Waals surface area contributed by atoms with Gasteiger partial charge >= 0.3 is 35.4 Å². The summed E-state index contributed by atoms with van der Waals surface area (Å²) >= 11 is 0. The highest BCUT2D eigenvalue weighted by molar-refractivity contribution is 7.47. The van der Waals surface area contributed by atoms with E-state index in [1.54, 1.807) is 0 Å². The summed E-state index contributed by atoms with van der Waals surface area (Å²) in [5, 5.41) is 31.8. The van der Waals surface area contributed by atoms with Gasteiger partial charge in [0.25, 0.3) is 0 Å². The largest absolute Gasteiger partial charge is 0.472 e. The van der Waals surface area contributed by atoms with E-state index < -0.39 is 91.2 Å². The number of Topliss-reactive ketones (excluding diaryl/α,β-unsaturated/α-hetero) is 1. The summed E-state index contributed by atoms with van der Waals surface area (Å²) in [5.74, 6) is -1.18. The summed E-state index contributed by atoms with van der Waals surface area (Å²) < 4.78 is 65.4. The standard InChI is InChI=1S/C42H81O20P3/c1-3-5-6-7-8-9-10-11-12-16-19-22-25-29-35(44)59-34(31-36(45)57-30-26-23-20-17-14-13-15-18-21-24-28-33(43)27-4-2)32-58-65(55,56)62-40-37(46)38(47)41(60-63(49,50)51)42(39(40)48)61-64(52,53)54/h34,37-42,46-48H,3-32H2,1-2H3,(H,55,56)(H2,49,50,51)(H2,52,53,54)/t34-,37+,38-,39?,40?,41?,42+/m1/s1. The summed E-state index contributed by atoms with van der Waals surface area (Å²) in [6.45, 7) is 3.33. The van der Waals surface area contributed by atoms with Crippen molar-refractivity contribution in [3.63, 3.8) is 0 Å². The highest BCUT2D eigenvalue weighted by Gasteiger charge is 2.56. The van der Waals surface area contributed by atoms with Crippen LogP contribution in [0.3, 0.4) is 0 Å². The molecule has 23 heteroatoms. The van der Waals surface area contributed by atoms with Crippen LogP contribution in [0.15, 0.2) is 0 Å². The van der Waals surface area contributed by atoms with E-state index in [4.69, 9.17) is 18.5 Å². The molecular formula is C42H81O20P3. The molecule has 0 saturated heterocycles. The van der Waals surface area contributed by atoms with Gasteiger partial charge in [-0.1, -0.05) is 142 Å². The second-order valence-corrected chi connectivity index (χ2v) is 20.8. The van der Waals surface area contributed by atoms with Crippen molar-refractivity contribution in [3.05, 3.63) is 0 Å². The SMILES string of the molecule is CCCCCCCCCCCCCCCC(=O)O[C@@H](COP(=O)(O)OC1C(O)[C@H](OP(=O)(O)O)C(OP(=O)(O)O)[C@H](O)[C@@H]1O)CC(=O)OCCCCCCCCCCCCC(=O)CCC. The monoisotopic (exact) mass is 998 g/mol. The first-order valence-electron chi connectivity index (χ1n) is 23.7. The number of carbonyl (C=O) groups is 3. The van der Waals surface area contributed by atoms with Crippen LogP contribution < -0.4 is 0 Å². The van der Waals surface area contributed by atoms with Crippen molar-refractivity contribution in [3.8, 4) is 0 Å². The first kappa shape index (κ1) is 61.8. The second kappa shape index (κ2) is 35.0. The maximum atomic E-state index is 13.1. The zero-order valence-corrected chi connectivity index (χ0v) is 41.3. The van der Waals surface area contributed by atoms with Gasteiger partial charge in [-0.15, -0.1) is 0 Å². The van der Waals surface area contributed by atoms with Crippen LogP contribution in [-0.2, 0) is 55.6 Å². The number of aliphatic hydroxyl groups excluding tert-OH is 3. The second-order valence-electron chi connectivity index (χ2n) is 17.0. The van der Waals surface area contributed by atoms with Crippen LogP contribution in [0.1, 0.15) is 194 Å². The van der Waals surface area contributed by atoms with Gasteiger partial charge in [-0.25, -0.2) is 13.7 Å². The number of unbranched alkanes of at least 4 members (excludes halogenated alkanes) is 21. The van der Waals surface area contributed by atoms with Crippen LogP contribution in [0.25, 0.3) is 0 Å². The topological polar surface area (TPSA) is 320 Å². The van der Waals surface area contributed by atoms with Crippen molar-refractivity contribution in [1.82, 2.24) is 0 Å². The lowest BCUT2D eigenvalue weighted by molar-refractivity contribution is -0.213. The Labute approximate surface area is 385 Å². The Hall–Kier alpha value is -1.18. The van der Waals surface area contributed by atoms with E-state index in [1.807, 2.05) is 6.92 Å². The lowest BCUT2D eigenvalue weighted by Crippen LogP contribution is -2.65. The fourth-order valence-electron chi connectivity index (χ4n) is 7.55. The molecule has 0 aromatic heterocycles. The van der Waals surface area contributed by atoms with Crippen molar-refractivity contribution < 1.29 is 95.4 Å². The molecule has 0 amide bonds. The van der Waals surface area contributed by atoms with Crippen LogP contribution in [0, 0.1) is 0 Å². The number of aliphatic hydroxyl groups is 3. The van der Waals surface area contributed by atoms with E-state index >= 15 is 0 Å². The normalized spacial score (nSPS) is 21.8. The van der Waals surface area contributed by atoms with Crippen LogP contribution in [0.2, 0.25) is 0 Å². The highest BCUT2D eigenvalue weighted by Crippen LogP contribution is 2.51. The molecule has 1 saturated carbocycles. The average molecular weight is 999 g/mol. The van der Waals surface area contributed by atoms with E-state index in [-0.39, 0.29) is 13.0 Å². The van der Waals surface area contributed by atoms with E-state index in [0.29, 0.717) is 31.5 Å². The molecule has 1 aliphatic rings. The number of hydrogen-bond donors (Lipinski definition) is 8. The third-order valence-corrected chi connectivity index (χ3v) is 13.1. The molecule has 1 fully saturated rings. The van der Waals surface area contributed by atoms with Gasteiger partial charge in [0.15, 0.2) is 0 Å². The molecule has 1 aliphatic carbocycles. The maximum Gasteiger partial charge on any atom is 0.472 e. The van der Waals surface area contributed by atoms with Gasteiger partial charge in [0, 0.05) is 19.3 Å². The predicted molar refractivity (Wildman–Crippen MR) is 239 cm³/mol. The molecule has 8 N–H and O–H groups in total. The smallest absolute Gasteiger partial charge is 0.466 e. The van der Waals surface area contributed by atoms with Crippen molar-refractivity contribution in [2.75, 3.05) is 13.2 Å². The zero-order chi connectivity index (χ0) is 48.7. The lowest BCUT2D eigenvalue weighted by Gasteiger charge is -2.44. The van der Waals surface area contributed by atoms with Gasteiger partial charge < -0.3 is 49.3 Å². The van der Waals surface area contributed by atoms with Crippen LogP contribution in [0.4, 0.5) is 0 Å². The van der Waals surface area contributed by atoms with Crippen LogP contribution >= 0.6 is 23.5 Å². The number of esters is 2. The van der Waals surface area contributed by atoms with E-state index in [9.17, 15) is 67.9 Å². The molecule has 0 heterocycles. The van der Waals surface area contributed by atoms with Gasteiger partial charge in [-0.3, -0.25) is 32.5 Å². The lowest BCUT2D eigenvalue weighted by atomic mass is 9.85. The Morgan fingerprint density at radius 3 is 1.35 bits per heavy atom. The Bertz CT molecular complexity index is 1440. The minimum atomic E-state index is -5.61. The third-order valence-electron chi connectivity index (χ3n) is 11.0. The van der Waals surface area contributed by atoms with Gasteiger partial charge in [0.2, 0.25) is 0 Å². The first-order valence-corrected chi connectivity index (χ1v) is 28.3. The minimum absolute atomic E-state index is 0.0200. The van der Waals surface area contributed by atoms with E-state index in [1.165, 1.54) is 44.9 Å². The summed E-state index contributed by atoms with van der Waals surface area (Å²) in [6, 6.07) is 0.